The number of anilines is 1. The largest absolute Gasteiger partial charge is 0.352 e. The topological polar surface area (TPSA) is 60.2 Å². The second kappa shape index (κ2) is 7.80. The molecule has 1 fully saturated rings. The van der Waals surface area contributed by atoms with Crippen LogP contribution in [0.25, 0.3) is 0 Å². The third-order valence-corrected chi connectivity index (χ3v) is 4.71. The Morgan fingerprint density at radius 2 is 1.88 bits per heavy atom. The highest BCUT2D eigenvalue weighted by atomic mass is 16.2. The predicted molar refractivity (Wildman–Crippen MR) is 97.2 cm³/mol. The lowest BCUT2D eigenvalue weighted by molar-refractivity contribution is -0.133. The summed E-state index contributed by atoms with van der Waals surface area (Å²) in [5.74, 6) is 0.819. The monoisotopic (exact) mass is 334 g/mol. The third-order valence-electron chi connectivity index (χ3n) is 4.71. The second-order valence-electron chi connectivity index (χ2n) is 6.17. The molecule has 5 nitrogen and oxygen atoms in total. The van der Waals surface area contributed by atoms with Crippen molar-refractivity contribution >= 4 is 11.7 Å². The first-order valence-corrected chi connectivity index (χ1v) is 8.68. The number of aromatic nitrogens is 1. The van der Waals surface area contributed by atoms with E-state index in [1.807, 2.05) is 35.2 Å². The van der Waals surface area contributed by atoms with E-state index in [1.54, 1.807) is 18.3 Å². The summed E-state index contributed by atoms with van der Waals surface area (Å²) < 4.78 is 0. The molecule has 25 heavy (non-hydrogen) atoms. The Morgan fingerprint density at radius 3 is 2.52 bits per heavy atom. The van der Waals surface area contributed by atoms with Gasteiger partial charge in [0.25, 0.3) is 0 Å². The minimum absolute atomic E-state index is 0.0859. The number of rotatable bonds is 4. The van der Waals surface area contributed by atoms with E-state index in [0.717, 1.165) is 12.0 Å². The fourth-order valence-corrected chi connectivity index (χ4v) is 3.33. The van der Waals surface area contributed by atoms with Gasteiger partial charge in [-0.05, 0) is 24.1 Å². The van der Waals surface area contributed by atoms with Crippen molar-refractivity contribution in [2.24, 2.45) is 0 Å². The van der Waals surface area contributed by atoms with Crippen LogP contribution in [0.2, 0.25) is 0 Å². The molecule has 2 heterocycles. The van der Waals surface area contributed by atoms with E-state index in [4.69, 9.17) is 0 Å². The van der Waals surface area contributed by atoms with Gasteiger partial charge in [0.15, 0.2) is 0 Å². The number of carbonyl (C=O) groups is 1. The van der Waals surface area contributed by atoms with E-state index in [0.29, 0.717) is 37.6 Å². The Hall–Kier alpha value is -2.87. The molecule has 128 valence electrons. The van der Waals surface area contributed by atoms with E-state index >= 15 is 0 Å². The van der Waals surface area contributed by atoms with E-state index in [2.05, 4.69) is 22.9 Å². The normalized spacial score (nSPS) is 15.5. The fourth-order valence-electron chi connectivity index (χ4n) is 3.33. The molecule has 1 aliphatic heterocycles. The Morgan fingerprint density at radius 1 is 1.16 bits per heavy atom. The molecule has 0 spiro atoms. The van der Waals surface area contributed by atoms with Gasteiger partial charge in [-0.25, -0.2) is 4.98 Å². The molecule has 0 bridgehead atoms. The quantitative estimate of drug-likeness (QED) is 0.863. The first-order chi connectivity index (χ1) is 12.2. The zero-order chi connectivity index (χ0) is 17.6. The van der Waals surface area contributed by atoms with E-state index in [-0.39, 0.29) is 11.8 Å². The van der Waals surface area contributed by atoms with Gasteiger partial charge in [0.05, 0.1) is 11.5 Å². The van der Waals surface area contributed by atoms with Crippen molar-refractivity contribution in [3.63, 3.8) is 0 Å². The summed E-state index contributed by atoms with van der Waals surface area (Å²) in [6, 6.07) is 15.7. The maximum atomic E-state index is 12.9. The number of carbonyl (C=O) groups excluding carboxylic acids is 1. The van der Waals surface area contributed by atoms with Gasteiger partial charge in [0.1, 0.15) is 11.9 Å². The number of hydrogen-bond donors (Lipinski definition) is 0. The highest BCUT2D eigenvalue weighted by Gasteiger charge is 2.28. The van der Waals surface area contributed by atoms with Gasteiger partial charge >= 0.3 is 0 Å². The third kappa shape index (κ3) is 3.63. The smallest absolute Gasteiger partial charge is 0.230 e. The number of pyridine rings is 1. The van der Waals surface area contributed by atoms with Crippen molar-refractivity contribution in [1.82, 2.24) is 9.88 Å². The van der Waals surface area contributed by atoms with Crippen LogP contribution < -0.4 is 4.90 Å². The highest BCUT2D eigenvalue weighted by Crippen LogP contribution is 2.24. The van der Waals surface area contributed by atoms with Crippen LogP contribution in [0.15, 0.2) is 48.7 Å². The second-order valence-corrected chi connectivity index (χ2v) is 6.17. The zero-order valence-electron chi connectivity index (χ0n) is 14.4. The van der Waals surface area contributed by atoms with Crippen molar-refractivity contribution < 1.29 is 4.79 Å². The van der Waals surface area contributed by atoms with Crippen LogP contribution in [0.1, 0.15) is 30.4 Å². The first kappa shape index (κ1) is 17.0. The molecule has 1 aromatic carbocycles. The van der Waals surface area contributed by atoms with Gasteiger partial charge in [0, 0.05) is 32.4 Å². The number of benzene rings is 1. The van der Waals surface area contributed by atoms with Crippen LogP contribution in [-0.4, -0.2) is 42.0 Å². The van der Waals surface area contributed by atoms with Gasteiger partial charge in [-0.1, -0.05) is 37.3 Å². The minimum Gasteiger partial charge on any atom is -0.352 e. The Labute approximate surface area is 148 Å². The molecular formula is C20H22N4O. The van der Waals surface area contributed by atoms with Crippen molar-refractivity contribution in [3.05, 3.63) is 59.8 Å². The van der Waals surface area contributed by atoms with Gasteiger partial charge in [-0.15, -0.1) is 0 Å². The molecule has 1 aromatic heterocycles. The van der Waals surface area contributed by atoms with Gasteiger partial charge in [0.2, 0.25) is 5.91 Å². The first-order valence-electron chi connectivity index (χ1n) is 8.68. The maximum Gasteiger partial charge on any atom is 0.230 e. The summed E-state index contributed by atoms with van der Waals surface area (Å²) in [6.45, 7) is 4.76. The minimum atomic E-state index is -0.0859. The van der Waals surface area contributed by atoms with Crippen LogP contribution in [0.4, 0.5) is 5.82 Å². The van der Waals surface area contributed by atoms with Crippen molar-refractivity contribution in [2.75, 3.05) is 31.1 Å². The van der Waals surface area contributed by atoms with E-state index in [1.165, 1.54) is 0 Å². The molecule has 1 saturated heterocycles. The lowest BCUT2D eigenvalue weighted by atomic mass is 9.95. The summed E-state index contributed by atoms with van der Waals surface area (Å²) in [7, 11) is 0. The molecule has 0 radical (unpaired) electrons. The van der Waals surface area contributed by atoms with Gasteiger partial charge in [-0.2, -0.15) is 5.26 Å². The summed E-state index contributed by atoms with van der Waals surface area (Å²) in [5, 5.41) is 9.24. The summed E-state index contributed by atoms with van der Waals surface area (Å²) in [6.07, 6.45) is 2.50. The Balaban J connectivity index is 1.67. The van der Waals surface area contributed by atoms with Crippen LogP contribution >= 0.6 is 0 Å². The molecule has 5 heteroatoms. The SMILES string of the molecule is CCC(C(=O)N1CCN(c2ncccc2C#N)CC1)c1ccccc1. The van der Waals surface area contributed by atoms with Crippen LogP contribution in [0.5, 0.6) is 0 Å². The molecule has 1 unspecified atom stereocenters. The average molecular weight is 334 g/mol. The van der Waals surface area contributed by atoms with Crippen LogP contribution in [-0.2, 0) is 4.79 Å². The highest BCUT2D eigenvalue weighted by molar-refractivity contribution is 5.84. The van der Waals surface area contributed by atoms with Gasteiger partial charge in [-0.3, -0.25) is 4.79 Å². The zero-order valence-corrected chi connectivity index (χ0v) is 14.4. The molecule has 2 aromatic rings. The number of nitriles is 1. The summed E-state index contributed by atoms with van der Waals surface area (Å²) >= 11 is 0. The van der Waals surface area contributed by atoms with E-state index in [9.17, 15) is 10.1 Å². The molecule has 3 rings (SSSR count). The number of piperazine rings is 1. The molecule has 1 amide bonds. The van der Waals surface area contributed by atoms with Crippen molar-refractivity contribution in [3.8, 4) is 6.07 Å². The number of nitrogens with zero attached hydrogens (tertiary/aromatic N) is 4. The Kier molecular flexibility index (Phi) is 5.30. The van der Waals surface area contributed by atoms with Crippen molar-refractivity contribution in [2.45, 2.75) is 19.3 Å². The van der Waals surface area contributed by atoms with Crippen LogP contribution in [0, 0.1) is 11.3 Å². The molecular weight excluding hydrogens is 312 g/mol. The van der Waals surface area contributed by atoms with Crippen molar-refractivity contribution in [1.29, 1.82) is 5.26 Å². The molecule has 0 N–H and O–H groups in total. The molecule has 1 atom stereocenters. The molecule has 0 aliphatic carbocycles. The van der Waals surface area contributed by atoms with Crippen LogP contribution in [0.3, 0.4) is 0 Å². The predicted octanol–water partition coefficient (Wildman–Crippen LogP) is 2.80. The lowest BCUT2D eigenvalue weighted by Crippen LogP contribution is -2.50. The summed E-state index contributed by atoms with van der Waals surface area (Å²) in [4.78, 5) is 21.3. The average Bonchev–Trinajstić information content (AvgIpc) is 2.69. The lowest BCUT2D eigenvalue weighted by Gasteiger charge is -2.37. The van der Waals surface area contributed by atoms with E-state index < -0.39 is 0 Å². The summed E-state index contributed by atoms with van der Waals surface area (Å²) in [5.41, 5.74) is 1.66. The number of hydrogen-bond acceptors (Lipinski definition) is 4. The maximum absolute atomic E-state index is 12.9. The fraction of sp³-hybridized carbons (Fsp3) is 0.350. The Bertz CT molecular complexity index is 761. The number of amides is 1. The molecule has 1 aliphatic rings. The standard InChI is InChI=1S/C20H22N4O/c1-2-18(16-7-4-3-5-8-16)20(25)24-13-11-23(12-14-24)19-17(15-21)9-6-10-22-19/h3-10,18H,2,11-14H2,1H3. The molecule has 0 saturated carbocycles. The van der Waals surface area contributed by atoms with Gasteiger partial charge < -0.3 is 9.80 Å².